The summed E-state index contributed by atoms with van der Waals surface area (Å²) in [6.45, 7) is 0.810. The molecule has 0 bridgehead atoms. The van der Waals surface area contributed by atoms with Crippen LogP contribution in [-0.4, -0.2) is 16.3 Å². The van der Waals surface area contributed by atoms with Gasteiger partial charge in [0, 0.05) is 23.6 Å². The van der Waals surface area contributed by atoms with Gasteiger partial charge >= 0.3 is 6.18 Å². The van der Waals surface area contributed by atoms with E-state index in [0.29, 0.717) is 17.1 Å². The van der Waals surface area contributed by atoms with Crippen LogP contribution in [0.4, 0.5) is 19.0 Å². The van der Waals surface area contributed by atoms with Crippen LogP contribution >= 0.6 is 11.6 Å². The van der Waals surface area contributed by atoms with Gasteiger partial charge in [0.2, 0.25) is 0 Å². The second kappa shape index (κ2) is 7.51. The Morgan fingerprint density at radius 2 is 1.79 bits per heavy atom. The van der Waals surface area contributed by atoms with E-state index in [0.717, 1.165) is 60.6 Å². The summed E-state index contributed by atoms with van der Waals surface area (Å²) in [7, 11) is 0. The van der Waals surface area contributed by atoms with Gasteiger partial charge in [-0.15, -0.1) is 0 Å². The Labute approximate surface area is 166 Å². The van der Waals surface area contributed by atoms with E-state index in [1.807, 2.05) is 24.3 Å². The molecule has 4 rings (SSSR count). The molecule has 1 aliphatic rings. The van der Waals surface area contributed by atoms with Crippen molar-refractivity contribution in [2.24, 2.45) is 0 Å². The summed E-state index contributed by atoms with van der Waals surface area (Å²) < 4.78 is 40.4. The average Bonchev–Trinajstić information content (AvgIpc) is 2.84. The van der Waals surface area contributed by atoms with Gasteiger partial charge in [0.15, 0.2) is 0 Å². The molecule has 0 atom stereocenters. The highest BCUT2D eigenvalue weighted by atomic mass is 35.5. The molecule has 3 aromatic rings. The number of nitrogens with zero attached hydrogens (tertiary/aromatic N) is 2. The van der Waals surface area contributed by atoms with Crippen LogP contribution in [0.5, 0.6) is 0 Å². The molecular formula is C21H19ClF3N3. The Kier molecular flexibility index (Phi) is 5.06. The third kappa shape index (κ3) is 3.74. The first-order chi connectivity index (χ1) is 13.4. The molecule has 0 saturated heterocycles. The van der Waals surface area contributed by atoms with Crippen LogP contribution in [0.1, 0.15) is 35.2 Å². The second-order valence-corrected chi connectivity index (χ2v) is 7.29. The zero-order valence-electron chi connectivity index (χ0n) is 15.1. The number of hydrogen-bond acceptors (Lipinski definition) is 2. The van der Waals surface area contributed by atoms with Crippen LogP contribution in [0.2, 0.25) is 5.02 Å². The van der Waals surface area contributed by atoms with Crippen molar-refractivity contribution in [1.82, 2.24) is 9.78 Å². The highest BCUT2D eigenvalue weighted by Crippen LogP contribution is 2.33. The van der Waals surface area contributed by atoms with Crippen LogP contribution in [0.3, 0.4) is 0 Å². The summed E-state index contributed by atoms with van der Waals surface area (Å²) in [5.74, 6) is 0.860. The zero-order chi connectivity index (χ0) is 19.7. The minimum atomic E-state index is -4.35. The molecule has 1 aromatic heterocycles. The molecule has 0 aliphatic carbocycles. The number of anilines is 1. The zero-order valence-corrected chi connectivity index (χ0v) is 15.8. The Bertz CT molecular complexity index is 978. The van der Waals surface area contributed by atoms with Gasteiger partial charge in [0.05, 0.1) is 16.9 Å². The normalized spacial score (nSPS) is 14.3. The van der Waals surface area contributed by atoms with E-state index < -0.39 is 11.7 Å². The fourth-order valence-corrected chi connectivity index (χ4v) is 3.72. The predicted molar refractivity (Wildman–Crippen MR) is 104 cm³/mol. The minimum absolute atomic E-state index is 0.581. The molecule has 2 heterocycles. The number of fused-ring (bicyclic) bond motifs is 1. The van der Waals surface area contributed by atoms with Crippen molar-refractivity contribution in [3.8, 4) is 5.69 Å². The Morgan fingerprint density at radius 1 is 1.04 bits per heavy atom. The first-order valence-corrected chi connectivity index (χ1v) is 9.57. The SMILES string of the molecule is FC(F)(F)c1ccc(-n2nc(Cc3ccccc3Cl)c3c2NCCCC3)cc1. The highest BCUT2D eigenvalue weighted by molar-refractivity contribution is 6.31. The number of benzene rings is 2. The minimum Gasteiger partial charge on any atom is -0.370 e. The van der Waals surface area contributed by atoms with Crippen molar-refractivity contribution >= 4 is 17.4 Å². The number of alkyl halides is 3. The van der Waals surface area contributed by atoms with Crippen molar-refractivity contribution in [2.75, 3.05) is 11.9 Å². The van der Waals surface area contributed by atoms with Gasteiger partial charge in [-0.05, 0) is 55.2 Å². The van der Waals surface area contributed by atoms with Crippen LogP contribution < -0.4 is 5.32 Å². The van der Waals surface area contributed by atoms with Crippen molar-refractivity contribution in [3.63, 3.8) is 0 Å². The number of halogens is 4. The van der Waals surface area contributed by atoms with E-state index in [-0.39, 0.29) is 0 Å². The van der Waals surface area contributed by atoms with Crippen molar-refractivity contribution in [3.05, 3.63) is 75.9 Å². The van der Waals surface area contributed by atoms with Crippen LogP contribution in [0.25, 0.3) is 5.69 Å². The topological polar surface area (TPSA) is 29.9 Å². The Morgan fingerprint density at radius 3 is 2.50 bits per heavy atom. The predicted octanol–water partition coefficient (Wildman–Crippen LogP) is 5.88. The third-order valence-electron chi connectivity index (χ3n) is 4.97. The second-order valence-electron chi connectivity index (χ2n) is 6.88. The highest BCUT2D eigenvalue weighted by Gasteiger charge is 2.30. The van der Waals surface area contributed by atoms with Gasteiger partial charge in [-0.3, -0.25) is 0 Å². The Hall–Kier alpha value is -2.47. The molecule has 0 unspecified atom stereocenters. The van der Waals surface area contributed by atoms with Crippen LogP contribution in [0, 0.1) is 0 Å². The number of rotatable bonds is 3. The molecule has 0 spiro atoms. The quantitative estimate of drug-likeness (QED) is 0.589. The maximum atomic E-state index is 12.9. The molecule has 0 fully saturated rings. The number of nitrogens with one attached hydrogen (secondary N) is 1. The molecule has 1 N–H and O–H groups in total. The number of aromatic nitrogens is 2. The van der Waals surface area contributed by atoms with Gasteiger partial charge in [-0.1, -0.05) is 29.8 Å². The van der Waals surface area contributed by atoms with E-state index in [9.17, 15) is 13.2 Å². The van der Waals surface area contributed by atoms with Crippen molar-refractivity contribution in [2.45, 2.75) is 31.9 Å². The third-order valence-corrected chi connectivity index (χ3v) is 5.34. The number of hydrogen-bond donors (Lipinski definition) is 1. The molecule has 7 heteroatoms. The van der Waals surface area contributed by atoms with Gasteiger partial charge in [-0.25, -0.2) is 4.68 Å². The lowest BCUT2D eigenvalue weighted by Gasteiger charge is -2.11. The molecular weight excluding hydrogens is 387 g/mol. The lowest BCUT2D eigenvalue weighted by atomic mass is 10.0. The summed E-state index contributed by atoms with van der Waals surface area (Å²) >= 11 is 6.32. The Balaban J connectivity index is 1.75. The van der Waals surface area contributed by atoms with E-state index in [4.69, 9.17) is 16.7 Å². The lowest BCUT2D eigenvalue weighted by molar-refractivity contribution is -0.137. The molecule has 0 saturated carbocycles. The summed E-state index contributed by atoms with van der Waals surface area (Å²) in [6, 6.07) is 12.7. The van der Waals surface area contributed by atoms with Crippen LogP contribution in [-0.2, 0) is 19.0 Å². The monoisotopic (exact) mass is 405 g/mol. The maximum Gasteiger partial charge on any atom is 0.416 e. The van der Waals surface area contributed by atoms with E-state index in [1.54, 1.807) is 4.68 Å². The van der Waals surface area contributed by atoms with Gasteiger partial charge in [0.25, 0.3) is 0 Å². The molecule has 146 valence electrons. The van der Waals surface area contributed by atoms with E-state index in [2.05, 4.69) is 5.32 Å². The summed E-state index contributed by atoms with van der Waals surface area (Å²) in [5.41, 5.74) is 2.92. The molecule has 0 radical (unpaired) electrons. The average molecular weight is 406 g/mol. The summed E-state index contributed by atoms with van der Waals surface area (Å²) in [6.07, 6.45) is -0.825. The van der Waals surface area contributed by atoms with Crippen LogP contribution in [0.15, 0.2) is 48.5 Å². The summed E-state index contributed by atoms with van der Waals surface area (Å²) in [5, 5.41) is 8.83. The smallest absolute Gasteiger partial charge is 0.370 e. The first-order valence-electron chi connectivity index (χ1n) is 9.19. The van der Waals surface area contributed by atoms with Gasteiger partial charge in [0.1, 0.15) is 5.82 Å². The maximum absolute atomic E-state index is 12.9. The fraction of sp³-hybridized carbons (Fsp3) is 0.286. The van der Waals surface area contributed by atoms with Crippen molar-refractivity contribution < 1.29 is 13.2 Å². The fourth-order valence-electron chi connectivity index (χ4n) is 3.52. The van der Waals surface area contributed by atoms with Gasteiger partial charge in [-0.2, -0.15) is 18.3 Å². The van der Waals surface area contributed by atoms with Crippen molar-refractivity contribution in [1.29, 1.82) is 0 Å². The molecule has 2 aromatic carbocycles. The molecule has 28 heavy (non-hydrogen) atoms. The largest absolute Gasteiger partial charge is 0.416 e. The van der Waals surface area contributed by atoms with Gasteiger partial charge < -0.3 is 5.32 Å². The standard InChI is InChI=1S/C21H19ClF3N3/c22-18-7-2-1-5-14(18)13-19-17-6-3-4-12-26-20(17)28(27-19)16-10-8-15(9-11-16)21(23,24)25/h1-2,5,7-11,26H,3-4,6,12-13H2. The van der Waals surface area contributed by atoms with E-state index >= 15 is 0 Å². The first kappa shape index (κ1) is 18.9. The van der Waals surface area contributed by atoms with E-state index in [1.165, 1.54) is 12.1 Å². The molecule has 0 amide bonds. The molecule has 1 aliphatic heterocycles. The summed E-state index contributed by atoms with van der Waals surface area (Å²) in [4.78, 5) is 0. The lowest BCUT2D eigenvalue weighted by Crippen LogP contribution is -2.08. The molecule has 3 nitrogen and oxygen atoms in total.